The second-order valence-electron chi connectivity index (χ2n) is 5.62. The number of rotatable bonds is 3. The Morgan fingerprint density at radius 1 is 1.33 bits per heavy atom. The predicted octanol–water partition coefficient (Wildman–Crippen LogP) is 4.03. The molecule has 0 N–H and O–H groups in total. The van der Waals surface area contributed by atoms with Crippen molar-refractivity contribution in [3.05, 3.63) is 28.5 Å². The molecule has 0 spiro atoms. The number of nitrogens with zero attached hydrogens (tertiary/aromatic N) is 1. The molecule has 7 heteroatoms. The van der Waals surface area contributed by atoms with Crippen LogP contribution in [0.3, 0.4) is 0 Å². The van der Waals surface area contributed by atoms with Crippen molar-refractivity contribution < 1.29 is 12.8 Å². The molecule has 21 heavy (non-hydrogen) atoms. The van der Waals surface area contributed by atoms with Crippen LogP contribution in [0.15, 0.2) is 17.0 Å². The summed E-state index contributed by atoms with van der Waals surface area (Å²) in [7, 11) is -3.91. The number of halogens is 3. The van der Waals surface area contributed by atoms with E-state index >= 15 is 0 Å². The predicted molar refractivity (Wildman–Crippen MR) is 82.7 cm³/mol. The van der Waals surface area contributed by atoms with Gasteiger partial charge in [-0.2, -0.15) is 4.31 Å². The molecule has 0 amide bonds. The Morgan fingerprint density at radius 3 is 2.62 bits per heavy atom. The highest BCUT2D eigenvalue weighted by atomic mass is 35.5. The largest absolute Gasteiger partial charge is 0.246 e. The van der Waals surface area contributed by atoms with Crippen molar-refractivity contribution >= 4 is 33.2 Å². The van der Waals surface area contributed by atoms with Gasteiger partial charge in [0.1, 0.15) is 10.7 Å². The molecule has 1 aromatic rings. The number of sulfonamides is 1. The topological polar surface area (TPSA) is 37.4 Å². The van der Waals surface area contributed by atoms with Crippen LogP contribution in [0.4, 0.5) is 4.39 Å². The number of benzene rings is 1. The summed E-state index contributed by atoms with van der Waals surface area (Å²) in [5.41, 5.74) is 0.0976. The minimum Gasteiger partial charge on any atom is -0.207 e. The third kappa shape index (κ3) is 3.36. The third-order valence-electron chi connectivity index (χ3n) is 3.87. The summed E-state index contributed by atoms with van der Waals surface area (Å²) in [6.45, 7) is 4.23. The van der Waals surface area contributed by atoms with Crippen LogP contribution in [-0.4, -0.2) is 25.3 Å². The van der Waals surface area contributed by atoms with E-state index in [2.05, 4.69) is 0 Å². The molecule has 0 bridgehead atoms. The van der Waals surface area contributed by atoms with Gasteiger partial charge in [0.2, 0.25) is 10.0 Å². The van der Waals surface area contributed by atoms with Gasteiger partial charge in [0, 0.05) is 23.2 Å². The highest BCUT2D eigenvalue weighted by Gasteiger charge is 2.35. The zero-order valence-electron chi connectivity index (χ0n) is 11.9. The first-order valence-corrected chi connectivity index (χ1v) is 9.18. The lowest BCUT2D eigenvalue weighted by Gasteiger charge is -2.35. The molecule has 1 saturated heterocycles. The van der Waals surface area contributed by atoms with Crippen molar-refractivity contribution in [3.8, 4) is 0 Å². The van der Waals surface area contributed by atoms with Crippen LogP contribution in [0.25, 0.3) is 0 Å². The summed E-state index contributed by atoms with van der Waals surface area (Å²) in [5, 5.41) is 0.170. The molecular formula is C14H18Cl2FNO2S. The van der Waals surface area contributed by atoms with Gasteiger partial charge in [0.25, 0.3) is 0 Å². The molecule has 0 aromatic heterocycles. The van der Waals surface area contributed by atoms with Crippen molar-refractivity contribution in [1.29, 1.82) is 0 Å². The second kappa shape index (κ2) is 6.41. The van der Waals surface area contributed by atoms with E-state index in [1.165, 1.54) is 10.4 Å². The normalized spacial score (nSPS) is 24.2. The second-order valence-corrected chi connectivity index (χ2v) is 8.18. The van der Waals surface area contributed by atoms with Crippen molar-refractivity contribution in [1.82, 2.24) is 4.31 Å². The molecule has 1 fully saturated rings. The maximum absolute atomic E-state index is 14.4. The van der Waals surface area contributed by atoms with Gasteiger partial charge < -0.3 is 0 Å². The first-order valence-electron chi connectivity index (χ1n) is 6.83. The molecule has 0 radical (unpaired) electrons. The van der Waals surface area contributed by atoms with Crippen LogP contribution in [0.2, 0.25) is 5.02 Å². The molecule has 3 nitrogen and oxygen atoms in total. The molecule has 2 atom stereocenters. The zero-order valence-corrected chi connectivity index (χ0v) is 14.3. The van der Waals surface area contributed by atoms with Gasteiger partial charge in [-0.05, 0) is 37.8 Å². The Kier molecular flexibility index (Phi) is 5.19. The standard InChI is InChI=1S/C14H18Cl2FNO2S/c1-9-3-4-10(2)18(8-9)21(19,20)13-6-12(16)5-11(7-15)14(13)17/h5-6,9-10H,3-4,7-8H2,1-2H3. The fourth-order valence-electron chi connectivity index (χ4n) is 2.61. The first-order chi connectivity index (χ1) is 9.77. The minimum absolute atomic E-state index is 0.0976. The van der Waals surface area contributed by atoms with E-state index < -0.39 is 15.8 Å². The summed E-state index contributed by atoms with van der Waals surface area (Å²) in [6, 6.07) is 2.36. The van der Waals surface area contributed by atoms with Crippen LogP contribution >= 0.6 is 23.2 Å². The average Bonchev–Trinajstić information content (AvgIpc) is 2.43. The summed E-state index contributed by atoms with van der Waals surface area (Å²) < 4.78 is 41.3. The van der Waals surface area contributed by atoms with Gasteiger partial charge in [-0.1, -0.05) is 18.5 Å². The lowest BCUT2D eigenvalue weighted by molar-refractivity contribution is 0.217. The average molecular weight is 354 g/mol. The number of alkyl halides is 1. The molecule has 0 aliphatic carbocycles. The van der Waals surface area contributed by atoms with Crippen LogP contribution in [0, 0.1) is 11.7 Å². The van der Waals surface area contributed by atoms with Crippen molar-refractivity contribution in [2.24, 2.45) is 5.92 Å². The molecule has 1 aliphatic heterocycles. The number of hydrogen-bond donors (Lipinski definition) is 0. The minimum atomic E-state index is -3.91. The van der Waals surface area contributed by atoms with E-state index in [1.807, 2.05) is 13.8 Å². The van der Waals surface area contributed by atoms with Crippen molar-refractivity contribution in [3.63, 3.8) is 0 Å². The van der Waals surface area contributed by atoms with E-state index in [4.69, 9.17) is 23.2 Å². The zero-order chi connectivity index (χ0) is 15.8. The molecule has 1 heterocycles. The molecule has 2 unspecified atom stereocenters. The van der Waals surface area contributed by atoms with Crippen molar-refractivity contribution in [2.45, 2.75) is 43.5 Å². The van der Waals surface area contributed by atoms with Gasteiger partial charge in [-0.25, -0.2) is 12.8 Å². The fourth-order valence-corrected chi connectivity index (χ4v) is 5.03. The summed E-state index contributed by atoms with van der Waals surface area (Å²) in [5.74, 6) is -0.675. The monoisotopic (exact) mass is 353 g/mol. The Balaban J connectivity index is 2.51. The molecule has 0 saturated carbocycles. The Bertz CT molecular complexity index is 636. The quantitative estimate of drug-likeness (QED) is 0.769. The summed E-state index contributed by atoms with van der Waals surface area (Å²) in [4.78, 5) is -0.383. The molecule has 1 aliphatic rings. The summed E-state index contributed by atoms with van der Waals surface area (Å²) in [6.07, 6.45) is 1.74. The fraction of sp³-hybridized carbons (Fsp3) is 0.571. The van der Waals surface area contributed by atoms with Gasteiger partial charge >= 0.3 is 0 Å². The van der Waals surface area contributed by atoms with Gasteiger partial charge in [-0.3, -0.25) is 0 Å². The van der Waals surface area contributed by atoms with Gasteiger partial charge in [0.15, 0.2) is 0 Å². The number of piperidine rings is 1. The molecule has 118 valence electrons. The van der Waals surface area contributed by atoms with E-state index in [-0.39, 0.29) is 33.3 Å². The first kappa shape index (κ1) is 17.0. The highest BCUT2D eigenvalue weighted by Crippen LogP contribution is 2.32. The van der Waals surface area contributed by atoms with Crippen LogP contribution in [0.1, 0.15) is 32.3 Å². The van der Waals surface area contributed by atoms with Crippen molar-refractivity contribution in [2.75, 3.05) is 6.54 Å². The molecule has 1 aromatic carbocycles. The molecule has 2 rings (SSSR count). The Hall–Kier alpha value is -0.360. The SMILES string of the molecule is CC1CCC(C)N(S(=O)(=O)c2cc(Cl)cc(CCl)c2F)C1. The van der Waals surface area contributed by atoms with E-state index in [1.54, 1.807) is 0 Å². The number of hydrogen-bond acceptors (Lipinski definition) is 2. The van der Waals surface area contributed by atoms with E-state index in [0.717, 1.165) is 18.9 Å². The van der Waals surface area contributed by atoms with Crippen LogP contribution in [-0.2, 0) is 15.9 Å². The lowest BCUT2D eigenvalue weighted by Crippen LogP contribution is -2.45. The highest BCUT2D eigenvalue weighted by molar-refractivity contribution is 7.89. The molecular weight excluding hydrogens is 336 g/mol. The van der Waals surface area contributed by atoms with E-state index in [0.29, 0.717) is 6.54 Å². The smallest absolute Gasteiger partial charge is 0.207 e. The maximum atomic E-state index is 14.4. The van der Waals surface area contributed by atoms with Crippen LogP contribution in [0.5, 0.6) is 0 Å². The van der Waals surface area contributed by atoms with Crippen LogP contribution < -0.4 is 0 Å². The van der Waals surface area contributed by atoms with Gasteiger partial charge in [-0.15, -0.1) is 11.6 Å². The summed E-state index contributed by atoms with van der Waals surface area (Å²) >= 11 is 11.6. The third-order valence-corrected chi connectivity index (χ3v) is 6.36. The van der Waals surface area contributed by atoms with E-state index in [9.17, 15) is 12.8 Å². The Morgan fingerprint density at radius 2 is 2.00 bits per heavy atom. The Labute approximate surface area is 135 Å². The van der Waals surface area contributed by atoms with Gasteiger partial charge in [0.05, 0.1) is 5.88 Å². The lowest BCUT2D eigenvalue weighted by atomic mass is 9.97. The maximum Gasteiger partial charge on any atom is 0.246 e.